The van der Waals surface area contributed by atoms with Crippen LogP contribution in [0.5, 0.6) is 0 Å². The fourth-order valence-electron chi connectivity index (χ4n) is 1.40. The quantitative estimate of drug-likeness (QED) is 0.831. The van der Waals surface area contributed by atoms with Gasteiger partial charge in [-0.1, -0.05) is 17.7 Å². The van der Waals surface area contributed by atoms with Crippen molar-refractivity contribution < 1.29 is 8.42 Å². The lowest BCUT2D eigenvalue weighted by atomic mass is 10.1. The molecule has 1 rings (SSSR count). The summed E-state index contributed by atoms with van der Waals surface area (Å²) in [6, 6.07) is 4.72. The summed E-state index contributed by atoms with van der Waals surface area (Å²) >= 11 is 6.02. The smallest absolute Gasteiger partial charge is 0.242 e. The van der Waals surface area contributed by atoms with E-state index in [4.69, 9.17) is 17.3 Å². The molecule has 0 aliphatic rings. The minimum atomic E-state index is -3.63. The molecule has 0 heterocycles. The van der Waals surface area contributed by atoms with Crippen LogP contribution < -0.4 is 10.5 Å². The van der Waals surface area contributed by atoms with Crippen LogP contribution in [-0.2, 0) is 16.6 Å². The Morgan fingerprint density at radius 2 is 1.95 bits per heavy atom. The lowest BCUT2D eigenvalue weighted by Gasteiger charge is -2.32. The van der Waals surface area contributed by atoms with E-state index >= 15 is 0 Å². The van der Waals surface area contributed by atoms with E-state index < -0.39 is 10.0 Å². The van der Waals surface area contributed by atoms with Crippen molar-refractivity contribution in [1.82, 2.24) is 9.62 Å². The van der Waals surface area contributed by atoms with Crippen molar-refractivity contribution in [2.24, 2.45) is 5.73 Å². The van der Waals surface area contributed by atoms with Crippen molar-refractivity contribution in [3.8, 4) is 0 Å². The van der Waals surface area contributed by atoms with E-state index in [9.17, 15) is 8.42 Å². The normalized spacial score (nSPS) is 12.9. The first-order chi connectivity index (χ1) is 9.10. The number of nitrogens with two attached hydrogens (primary N) is 1. The lowest BCUT2D eigenvalue weighted by molar-refractivity contribution is 0.199. The first kappa shape index (κ1) is 17.4. The topological polar surface area (TPSA) is 75.4 Å². The SMILES string of the molecule is CN(C)C(C)(C)CNS(=O)(=O)c1ccc(CN)cc1Cl. The molecular weight excluding hydrogens is 298 g/mol. The highest BCUT2D eigenvalue weighted by molar-refractivity contribution is 7.89. The Balaban J connectivity index is 2.95. The van der Waals surface area contributed by atoms with Crippen molar-refractivity contribution in [2.75, 3.05) is 20.6 Å². The monoisotopic (exact) mass is 319 g/mol. The molecule has 0 fully saturated rings. The Morgan fingerprint density at radius 1 is 1.35 bits per heavy atom. The van der Waals surface area contributed by atoms with Crippen molar-refractivity contribution in [2.45, 2.75) is 30.8 Å². The zero-order valence-corrected chi connectivity index (χ0v) is 13.8. The molecular formula is C13H22ClN3O2S. The fourth-order valence-corrected chi connectivity index (χ4v) is 3.17. The van der Waals surface area contributed by atoms with Gasteiger partial charge in [0.25, 0.3) is 0 Å². The van der Waals surface area contributed by atoms with Crippen molar-refractivity contribution >= 4 is 21.6 Å². The van der Waals surface area contributed by atoms with Crippen LogP contribution >= 0.6 is 11.6 Å². The van der Waals surface area contributed by atoms with Crippen molar-refractivity contribution in [3.05, 3.63) is 28.8 Å². The number of sulfonamides is 1. The van der Waals surface area contributed by atoms with Crippen LogP contribution in [0.1, 0.15) is 19.4 Å². The minimum absolute atomic E-state index is 0.0749. The number of likely N-dealkylation sites (N-methyl/N-ethyl adjacent to an activating group) is 1. The summed E-state index contributed by atoms with van der Waals surface area (Å²) in [5, 5.41) is 0.183. The average molecular weight is 320 g/mol. The van der Waals surface area contributed by atoms with Gasteiger partial charge in [-0.15, -0.1) is 0 Å². The largest absolute Gasteiger partial charge is 0.326 e. The summed E-state index contributed by atoms with van der Waals surface area (Å²) in [5.41, 5.74) is 6.00. The molecule has 0 saturated carbocycles. The first-order valence-corrected chi connectivity index (χ1v) is 8.12. The molecule has 5 nitrogen and oxygen atoms in total. The number of nitrogens with one attached hydrogen (secondary N) is 1. The molecule has 0 aliphatic carbocycles. The molecule has 7 heteroatoms. The van der Waals surface area contributed by atoms with Gasteiger partial charge in [0.2, 0.25) is 10.0 Å². The minimum Gasteiger partial charge on any atom is -0.326 e. The van der Waals surface area contributed by atoms with Crippen LogP contribution in [0.4, 0.5) is 0 Å². The second-order valence-electron chi connectivity index (χ2n) is 5.50. The second kappa shape index (κ2) is 6.41. The summed E-state index contributed by atoms with van der Waals surface area (Å²) in [6.45, 7) is 4.52. The highest BCUT2D eigenvalue weighted by Gasteiger charge is 2.25. The average Bonchev–Trinajstić information content (AvgIpc) is 2.36. The maximum absolute atomic E-state index is 12.3. The van der Waals surface area contributed by atoms with Crippen LogP contribution in [0.2, 0.25) is 5.02 Å². The molecule has 3 N–H and O–H groups in total. The molecule has 0 radical (unpaired) electrons. The first-order valence-electron chi connectivity index (χ1n) is 6.26. The Hall–Kier alpha value is -0.660. The summed E-state index contributed by atoms with van der Waals surface area (Å²) < 4.78 is 27.1. The van der Waals surface area contributed by atoms with E-state index in [2.05, 4.69) is 4.72 Å². The van der Waals surface area contributed by atoms with Gasteiger partial charge in [-0.3, -0.25) is 0 Å². The number of hydrogen-bond donors (Lipinski definition) is 2. The molecule has 20 heavy (non-hydrogen) atoms. The second-order valence-corrected chi connectivity index (χ2v) is 7.64. The fraction of sp³-hybridized carbons (Fsp3) is 0.538. The third kappa shape index (κ3) is 4.17. The molecule has 0 saturated heterocycles. The summed E-state index contributed by atoms with van der Waals surface area (Å²) in [7, 11) is 0.168. The molecule has 0 atom stereocenters. The van der Waals surface area contributed by atoms with E-state index in [0.29, 0.717) is 6.54 Å². The van der Waals surface area contributed by atoms with Gasteiger partial charge >= 0.3 is 0 Å². The van der Waals surface area contributed by atoms with Gasteiger partial charge in [0.05, 0.1) is 5.02 Å². The molecule has 0 aromatic heterocycles. The predicted molar refractivity (Wildman–Crippen MR) is 82.3 cm³/mol. The standard InChI is InChI=1S/C13H22ClN3O2S/c1-13(2,17(3)4)9-16-20(18,19)12-6-5-10(8-15)7-11(12)14/h5-7,16H,8-9,15H2,1-4H3. The molecule has 0 aliphatic heterocycles. The van der Waals surface area contributed by atoms with Gasteiger partial charge in [-0.05, 0) is 45.6 Å². The van der Waals surface area contributed by atoms with Crippen LogP contribution in [0.3, 0.4) is 0 Å². The van der Waals surface area contributed by atoms with Crippen LogP contribution in [0.15, 0.2) is 23.1 Å². The van der Waals surface area contributed by atoms with Crippen molar-refractivity contribution in [1.29, 1.82) is 0 Å². The van der Waals surface area contributed by atoms with E-state index in [0.717, 1.165) is 5.56 Å². The highest BCUT2D eigenvalue weighted by atomic mass is 35.5. The Labute approximate surface area is 126 Å². The lowest BCUT2D eigenvalue weighted by Crippen LogP contribution is -2.48. The maximum atomic E-state index is 12.3. The van der Waals surface area contributed by atoms with E-state index in [1.54, 1.807) is 12.1 Å². The Bertz CT molecular complexity index is 571. The molecule has 1 aromatic carbocycles. The van der Waals surface area contributed by atoms with Gasteiger partial charge in [0, 0.05) is 18.6 Å². The molecule has 0 bridgehead atoms. The summed E-state index contributed by atoms with van der Waals surface area (Å²) in [6.07, 6.45) is 0. The highest BCUT2D eigenvalue weighted by Crippen LogP contribution is 2.23. The molecule has 0 amide bonds. The molecule has 114 valence electrons. The van der Waals surface area contributed by atoms with Gasteiger partial charge < -0.3 is 10.6 Å². The van der Waals surface area contributed by atoms with E-state index in [1.165, 1.54) is 6.07 Å². The van der Waals surface area contributed by atoms with E-state index in [-0.39, 0.29) is 22.0 Å². The number of hydrogen-bond acceptors (Lipinski definition) is 4. The van der Waals surface area contributed by atoms with Crippen LogP contribution in [-0.4, -0.2) is 39.5 Å². The third-order valence-corrected chi connectivity index (χ3v) is 5.31. The zero-order valence-electron chi connectivity index (χ0n) is 12.3. The Morgan fingerprint density at radius 3 is 2.40 bits per heavy atom. The van der Waals surface area contributed by atoms with Gasteiger partial charge in [0.1, 0.15) is 4.90 Å². The van der Waals surface area contributed by atoms with Gasteiger partial charge in [-0.2, -0.15) is 0 Å². The molecule has 0 spiro atoms. The maximum Gasteiger partial charge on any atom is 0.242 e. The summed E-state index contributed by atoms with van der Waals surface area (Å²) in [4.78, 5) is 2.03. The number of rotatable bonds is 6. The number of benzene rings is 1. The number of halogens is 1. The number of nitrogens with zero attached hydrogens (tertiary/aromatic N) is 1. The van der Waals surface area contributed by atoms with Crippen molar-refractivity contribution in [3.63, 3.8) is 0 Å². The van der Waals surface area contributed by atoms with E-state index in [1.807, 2.05) is 32.8 Å². The van der Waals surface area contributed by atoms with Gasteiger partial charge in [0.15, 0.2) is 0 Å². The zero-order chi connectivity index (χ0) is 15.6. The predicted octanol–water partition coefficient (Wildman–Crippen LogP) is 1.42. The van der Waals surface area contributed by atoms with Crippen LogP contribution in [0, 0.1) is 0 Å². The third-order valence-electron chi connectivity index (χ3n) is 3.43. The summed E-state index contributed by atoms with van der Waals surface area (Å²) in [5.74, 6) is 0. The Kier molecular flexibility index (Phi) is 5.57. The molecule has 0 unspecified atom stereocenters. The van der Waals surface area contributed by atoms with Gasteiger partial charge in [-0.25, -0.2) is 13.1 Å². The van der Waals surface area contributed by atoms with Crippen LogP contribution in [0.25, 0.3) is 0 Å². The molecule has 1 aromatic rings.